The fraction of sp³-hybridized carbons (Fsp3) is 0.500. The Morgan fingerprint density at radius 1 is 1.30 bits per heavy atom. The smallest absolute Gasteiger partial charge is 0.287 e. The lowest BCUT2D eigenvalue weighted by Crippen LogP contribution is -2.49. The van der Waals surface area contributed by atoms with Gasteiger partial charge in [0.05, 0.1) is 18.5 Å². The van der Waals surface area contributed by atoms with Crippen LogP contribution in [0.4, 0.5) is 0 Å². The minimum Gasteiger partial charge on any atom is -0.451 e. The van der Waals surface area contributed by atoms with E-state index in [-0.39, 0.29) is 48.3 Å². The molecule has 1 aliphatic heterocycles. The van der Waals surface area contributed by atoms with E-state index in [0.29, 0.717) is 25.0 Å². The number of nitrogens with zero attached hydrogens (tertiary/aromatic N) is 1. The molecule has 2 heterocycles. The highest BCUT2D eigenvalue weighted by molar-refractivity contribution is 6.27. The molecule has 2 N–H and O–H groups in total. The van der Waals surface area contributed by atoms with E-state index in [2.05, 4.69) is 10.6 Å². The molecule has 1 aromatic heterocycles. The number of furan rings is 1. The van der Waals surface area contributed by atoms with Gasteiger partial charge in [0, 0.05) is 18.5 Å². The Hall–Kier alpha value is -2.87. The Kier molecular flexibility index (Phi) is 8.13. The highest BCUT2D eigenvalue weighted by Gasteiger charge is 2.31. The molecule has 0 saturated carbocycles. The second-order valence-electron chi connectivity index (χ2n) is 8.91. The number of benzene rings is 1. The highest BCUT2D eigenvalue weighted by Crippen LogP contribution is 2.23. The summed E-state index contributed by atoms with van der Waals surface area (Å²) in [7, 11) is 0. The molecular formula is C24H30ClN3O5. The van der Waals surface area contributed by atoms with E-state index in [1.165, 1.54) is 4.90 Å². The number of fused-ring (bicyclic) bond motifs is 1. The van der Waals surface area contributed by atoms with Gasteiger partial charge in [-0.05, 0) is 37.3 Å². The van der Waals surface area contributed by atoms with Gasteiger partial charge in [-0.15, -0.1) is 11.6 Å². The molecule has 0 unspecified atom stereocenters. The van der Waals surface area contributed by atoms with Crippen LogP contribution in [0.2, 0.25) is 0 Å². The number of hydrogen-bond acceptors (Lipinski definition) is 5. The maximum atomic E-state index is 13.2. The van der Waals surface area contributed by atoms with Crippen LogP contribution in [-0.2, 0) is 14.4 Å². The molecular weight excluding hydrogens is 446 g/mol. The molecule has 3 amide bonds. The molecule has 178 valence electrons. The number of alkyl halides is 1. The summed E-state index contributed by atoms with van der Waals surface area (Å²) >= 11 is 5.75. The van der Waals surface area contributed by atoms with Gasteiger partial charge in [0.15, 0.2) is 11.5 Å². The molecule has 2 aromatic rings. The quantitative estimate of drug-likeness (QED) is 0.513. The van der Waals surface area contributed by atoms with Crippen LogP contribution < -0.4 is 10.6 Å². The maximum absolute atomic E-state index is 13.2. The second kappa shape index (κ2) is 10.8. The van der Waals surface area contributed by atoms with Crippen molar-refractivity contribution < 1.29 is 23.6 Å². The van der Waals surface area contributed by atoms with E-state index < -0.39 is 17.9 Å². The Balaban J connectivity index is 1.74. The number of halogens is 1. The third-order valence-corrected chi connectivity index (χ3v) is 6.01. The molecule has 1 aromatic carbocycles. The van der Waals surface area contributed by atoms with Crippen LogP contribution in [0.5, 0.6) is 0 Å². The van der Waals surface area contributed by atoms with Crippen molar-refractivity contribution in [2.45, 2.75) is 39.7 Å². The number of rotatable bonds is 10. The summed E-state index contributed by atoms with van der Waals surface area (Å²) in [5, 5.41) is 6.31. The van der Waals surface area contributed by atoms with Crippen molar-refractivity contribution in [3.63, 3.8) is 0 Å². The van der Waals surface area contributed by atoms with Crippen LogP contribution >= 0.6 is 11.6 Å². The number of ketones is 1. The highest BCUT2D eigenvalue weighted by atomic mass is 35.5. The molecule has 0 radical (unpaired) electrons. The normalized spacial score (nSPS) is 16.6. The van der Waals surface area contributed by atoms with Crippen molar-refractivity contribution in [2.75, 3.05) is 25.5 Å². The first-order chi connectivity index (χ1) is 15.7. The van der Waals surface area contributed by atoms with Crippen molar-refractivity contribution in [3.05, 3.63) is 35.6 Å². The zero-order valence-electron chi connectivity index (χ0n) is 19.2. The van der Waals surface area contributed by atoms with Crippen molar-refractivity contribution in [1.82, 2.24) is 15.5 Å². The molecule has 2 atom stereocenters. The lowest BCUT2D eigenvalue weighted by molar-refractivity contribution is -0.135. The van der Waals surface area contributed by atoms with Gasteiger partial charge < -0.3 is 20.0 Å². The van der Waals surface area contributed by atoms with E-state index >= 15 is 0 Å². The molecule has 0 spiro atoms. The topological polar surface area (TPSA) is 109 Å². The number of amides is 3. The first-order valence-electron chi connectivity index (χ1n) is 11.1. The van der Waals surface area contributed by atoms with Gasteiger partial charge in [-0.3, -0.25) is 19.2 Å². The molecule has 0 bridgehead atoms. The van der Waals surface area contributed by atoms with Gasteiger partial charge in [-0.2, -0.15) is 0 Å². The van der Waals surface area contributed by atoms with Crippen molar-refractivity contribution in [1.29, 1.82) is 0 Å². The van der Waals surface area contributed by atoms with Gasteiger partial charge in [-0.25, -0.2) is 0 Å². The zero-order chi connectivity index (χ0) is 24.1. The first kappa shape index (κ1) is 24.8. The second-order valence-corrected chi connectivity index (χ2v) is 9.18. The third kappa shape index (κ3) is 6.13. The Morgan fingerprint density at radius 3 is 2.67 bits per heavy atom. The Bertz CT molecular complexity index is 1050. The van der Waals surface area contributed by atoms with Gasteiger partial charge in [0.25, 0.3) is 5.91 Å². The summed E-state index contributed by atoms with van der Waals surface area (Å²) in [5.74, 6) is -1.79. The summed E-state index contributed by atoms with van der Waals surface area (Å²) in [6.45, 7) is 6.22. The lowest BCUT2D eigenvalue weighted by atomic mass is 9.99. The van der Waals surface area contributed by atoms with Crippen LogP contribution in [0.15, 0.2) is 28.7 Å². The van der Waals surface area contributed by atoms with Crippen molar-refractivity contribution >= 4 is 46.1 Å². The summed E-state index contributed by atoms with van der Waals surface area (Å²) in [4.78, 5) is 51.7. The number of para-hydroxylation sites is 1. The van der Waals surface area contributed by atoms with Crippen LogP contribution in [0, 0.1) is 18.8 Å². The molecule has 3 rings (SSSR count). The minimum absolute atomic E-state index is 0.119. The largest absolute Gasteiger partial charge is 0.451 e. The van der Waals surface area contributed by atoms with E-state index in [1.54, 1.807) is 6.07 Å². The predicted molar refractivity (Wildman–Crippen MR) is 125 cm³/mol. The third-order valence-electron chi connectivity index (χ3n) is 5.78. The minimum atomic E-state index is -0.810. The molecule has 33 heavy (non-hydrogen) atoms. The predicted octanol–water partition coefficient (Wildman–Crippen LogP) is 2.66. The molecule has 1 fully saturated rings. The average Bonchev–Trinajstić information content (AvgIpc) is 3.39. The maximum Gasteiger partial charge on any atom is 0.287 e. The summed E-state index contributed by atoms with van der Waals surface area (Å²) in [5.41, 5.74) is 1.54. The fourth-order valence-corrected chi connectivity index (χ4v) is 4.18. The Morgan fingerprint density at radius 2 is 2.06 bits per heavy atom. The van der Waals surface area contributed by atoms with Crippen LogP contribution in [0.25, 0.3) is 11.0 Å². The first-order valence-corrected chi connectivity index (χ1v) is 11.7. The van der Waals surface area contributed by atoms with Crippen molar-refractivity contribution in [3.8, 4) is 0 Å². The average molecular weight is 476 g/mol. The van der Waals surface area contributed by atoms with Gasteiger partial charge in [0.2, 0.25) is 11.8 Å². The number of hydrogen-bond donors (Lipinski definition) is 2. The van der Waals surface area contributed by atoms with Gasteiger partial charge in [0.1, 0.15) is 11.5 Å². The van der Waals surface area contributed by atoms with Gasteiger partial charge >= 0.3 is 0 Å². The standard InChI is InChI=1S/C24H30ClN3O5/c1-14(2)9-18(27-24(32)20-10-16-6-4-5-15(3)22(16)33-20)19(29)13-28(21(30)11-25)12-17-7-8-26-23(17)31/h4-6,10,14,17-18H,7-9,11-13H2,1-3H3,(H,26,31)(H,27,32)/t17-,18-/m0/s1. The number of aryl methyl sites for hydroxylation is 1. The fourth-order valence-electron chi connectivity index (χ4n) is 4.02. The molecule has 8 nitrogen and oxygen atoms in total. The summed E-state index contributed by atoms with van der Waals surface area (Å²) in [6.07, 6.45) is 0.993. The number of nitrogens with one attached hydrogen (secondary N) is 2. The van der Waals surface area contributed by atoms with E-state index in [1.807, 2.05) is 39.0 Å². The summed E-state index contributed by atoms with van der Waals surface area (Å²) < 4.78 is 5.73. The number of carbonyl (C=O) groups is 4. The van der Waals surface area contributed by atoms with E-state index in [4.69, 9.17) is 16.0 Å². The van der Waals surface area contributed by atoms with Crippen LogP contribution in [0.1, 0.15) is 42.8 Å². The van der Waals surface area contributed by atoms with E-state index in [9.17, 15) is 19.2 Å². The monoisotopic (exact) mass is 475 g/mol. The zero-order valence-corrected chi connectivity index (χ0v) is 19.9. The number of carbonyl (C=O) groups excluding carboxylic acids is 4. The number of Topliss-reactive ketones (excluding diaryl/α,β-unsaturated/α-hetero) is 1. The Labute approximate surface area is 198 Å². The lowest BCUT2D eigenvalue weighted by Gasteiger charge is -2.26. The van der Waals surface area contributed by atoms with E-state index in [0.717, 1.165) is 10.9 Å². The molecule has 1 aliphatic rings. The summed E-state index contributed by atoms with van der Waals surface area (Å²) in [6, 6.07) is 6.47. The van der Waals surface area contributed by atoms with Crippen LogP contribution in [0.3, 0.4) is 0 Å². The molecule has 1 saturated heterocycles. The van der Waals surface area contributed by atoms with Gasteiger partial charge in [-0.1, -0.05) is 32.0 Å². The van der Waals surface area contributed by atoms with Crippen molar-refractivity contribution in [2.24, 2.45) is 11.8 Å². The SMILES string of the molecule is Cc1cccc2cc(C(=O)N[C@@H](CC(C)C)C(=O)CN(C[C@@H]3CCNC3=O)C(=O)CCl)oc12. The van der Waals surface area contributed by atoms with Crippen LogP contribution in [-0.4, -0.2) is 60.0 Å². The molecule has 9 heteroatoms. The molecule has 0 aliphatic carbocycles.